The molecule has 0 aliphatic heterocycles. The summed E-state index contributed by atoms with van der Waals surface area (Å²) >= 11 is 0. The molecule has 0 amide bonds. The molecule has 0 aromatic heterocycles. The van der Waals surface area contributed by atoms with E-state index in [0.29, 0.717) is 24.9 Å². The molecule has 0 saturated heterocycles. The monoisotopic (exact) mass is 521 g/mol. The van der Waals surface area contributed by atoms with Gasteiger partial charge in [0.15, 0.2) is 5.78 Å². The van der Waals surface area contributed by atoms with Crippen LogP contribution in [-0.4, -0.2) is 18.4 Å². The van der Waals surface area contributed by atoms with E-state index in [-0.39, 0.29) is 50.7 Å². The van der Waals surface area contributed by atoms with Crippen molar-refractivity contribution in [1.82, 2.24) is 0 Å². The molecule has 4 heteroatoms. The van der Waals surface area contributed by atoms with E-state index in [1.165, 1.54) is 0 Å². The van der Waals surface area contributed by atoms with Crippen molar-refractivity contribution in [2.24, 2.45) is 56.7 Å². The van der Waals surface area contributed by atoms with Gasteiger partial charge in [-0.25, -0.2) is 0 Å². The van der Waals surface area contributed by atoms with Gasteiger partial charge >= 0.3 is 5.97 Å². The first-order valence-corrected chi connectivity index (χ1v) is 15.6. The second-order valence-electron chi connectivity index (χ2n) is 15.5. The second kappa shape index (κ2) is 9.21. The van der Waals surface area contributed by atoms with Gasteiger partial charge in [-0.1, -0.05) is 66.5 Å². The maximum Gasteiger partial charge on any atom is 0.312 e. The van der Waals surface area contributed by atoms with Crippen molar-refractivity contribution in [2.45, 2.75) is 119 Å². The van der Waals surface area contributed by atoms with Crippen molar-refractivity contribution in [2.75, 3.05) is 6.61 Å². The maximum absolute atomic E-state index is 13.8. The minimum atomic E-state index is -0.470. The Morgan fingerprint density at radius 3 is 2.47 bits per heavy atom. The van der Waals surface area contributed by atoms with Crippen LogP contribution in [0.5, 0.6) is 0 Å². The number of carbonyl (C=O) groups is 2. The molecule has 4 saturated carbocycles. The molecule has 38 heavy (non-hydrogen) atoms. The number of carbonyl (C=O) groups excluding carboxylic acids is 2. The zero-order chi connectivity index (χ0) is 27.7. The van der Waals surface area contributed by atoms with E-state index >= 15 is 0 Å². The Bertz CT molecular complexity index is 1070. The van der Waals surface area contributed by atoms with E-state index in [1.54, 1.807) is 5.57 Å². The summed E-state index contributed by atoms with van der Waals surface area (Å²) in [5.74, 6) is 0.802. The molecule has 2 unspecified atom stereocenters. The SMILES string of the molecule is CCCCOC(=O)[C@]12CCC(C)(C)C[C@H]1C1=CCC3[C@@]4(C)CC(C#N)C(=O)[C@@H](C)[C@@H]4CC[C@@]3(C)[C@]1(C)CC2. The van der Waals surface area contributed by atoms with E-state index in [4.69, 9.17) is 4.74 Å². The minimum absolute atomic E-state index is 0.00871. The van der Waals surface area contributed by atoms with Gasteiger partial charge in [0.2, 0.25) is 0 Å². The van der Waals surface area contributed by atoms with Gasteiger partial charge in [-0.15, -0.1) is 0 Å². The molecule has 0 bridgehead atoms. The van der Waals surface area contributed by atoms with Gasteiger partial charge < -0.3 is 4.74 Å². The van der Waals surface area contributed by atoms with Gasteiger partial charge in [0.1, 0.15) is 5.92 Å². The first kappa shape index (κ1) is 27.9. The smallest absolute Gasteiger partial charge is 0.312 e. The average molecular weight is 522 g/mol. The summed E-state index contributed by atoms with van der Waals surface area (Å²) in [5.41, 5.74) is 1.51. The van der Waals surface area contributed by atoms with Gasteiger partial charge in [0.05, 0.1) is 18.1 Å². The fourth-order valence-electron chi connectivity index (χ4n) is 10.7. The van der Waals surface area contributed by atoms with Crippen LogP contribution in [0, 0.1) is 68.0 Å². The highest BCUT2D eigenvalue weighted by Crippen LogP contribution is 2.75. The molecule has 9 atom stereocenters. The summed E-state index contributed by atoms with van der Waals surface area (Å²) in [5, 5.41) is 9.89. The lowest BCUT2D eigenvalue weighted by Crippen LogP contribution is -2.64. The third-order valence-electron chi connectivity index (χ3n) is 13.3. The Hall–Kier alpha value is -1.63. The summed E-state index contributed by atoms with van der Waals surface area (Å²) in [6.07, 6.45) is 13.5. The van der Waals surface area contributed by atoms with E-state index in [2.05, 4.69) is 60.6 Å². The number of rotatable bonds is 4. The van der Waals surface area contributed by atoms with Crippen molar-refractivity contribution in [3.63, 3.8) is 0 Å². The third-order valence-corrected chi connectivity index (χ3v) is 13.3. The lowest BCUT2D eigenvalue weighted by atomic mass is 9.34. The Morgan fingerprint density at radius 2 is 1.79 bits per heavy atom. The summed E-state index contributed by atoms with van der Waals surface area (Å²) in [6.45, 7) is 17.0. The van der Waals surface area contributed by atoms with Crippen LogP contribution in [0.3, 0.4) is 0 Å². The highest BCUT2D eigenvalue weighted by Gasteiger charge is 2.69. The number of fused-ring (bicyclic) bond motifs is 7. The Balaban J connectivity index is 1.55. The summed E-state index contributed by atoms with van der Waals surface area (Å²) in [4.78, 5) is 26.9. The summed E-state index contributed by atoms with van der Waals surface area (Å²) in [6, 6.07) is 2.38. The summed E-state index contributed by atoms with van der Waals surface area (Å²) in [7, 11) is 0. The molecule has 210 valence electrons. The zero-order valence-corrected chi connectivity index (χ0v) is 25.1. The number of nitriles is 1. The topological polar surface area (TPSA) is 67.2 Å². The van der Waals surface area contributed by atoms with E-state index in [9.17, 15) is 14.9 Å². The molecule has 5 rings (SSSR count). The number of esters is 1. The molecule has 5 aliphatic carbocycles. The number of nitrogens with zero attached hydrogens (tertiary/aromatic N) is 1. The molecule has 0 radical (unpaired) electrons. The number of allylic oxidation sites excluding steroid dienone is 2. The van der Waals surface area contributed by atoms with Crippen LogP contribution in [0.4, 0.5) is 0 Å². The van der Waals surface area contributed by atoms with Crippen molar-refractivity contribution >= 4 is 11.8 Å². The largest absolute Gasteiger partial charge is 0.465 e. The van der Waals surface area contributed by atoms with Crippen LogP contribution >= 0.6 is 0 Å². The van der Waals surface area contributed by atoms with Gasteiger partial charge in [0.25, 0.3) is 0 Å². The predicted molar refractivity (Wildman–Crippen MR) is 150 cm³/mol. The number of hydrogen-bond donors (Lipinski definition) is 0. The maximum atomic E-state index is 13.8. The molecular formula is C34H51NO3. The fraction of sp³-hybridized carbons (Fsp3) is 0.853. The van der Waals surface area contributed by atoms with Gasteiger partial charge in [0, 0.05) is 5.92 Å². The molecule has 0 N–H and O–H groups in total. The molecule has 4 fully saturated rings. The van der Waals surface area contributed by atoms with Crippen LogP contribution in [0.2, 0.25) is 0 Å². The quantitative estimate of drug-likeness (QED) is 0.213. The van der Waals surface area contributed by atoms with E-state index in [0.717, 1.165) is 64.2 Å². The number of ketones is 1. The van der Waals surface area contributed by atoms with Crippen molar-refractivity contribution in [3.05, 3.63) is 11.6 Å². The van der Waals surface area contributed by atoms with Crippen molar-refractivity contribution in [3.8, 4) is 6.07 Å². The number of ether oxygens (including phenoxy) is 1. The molecule has 0 aromatic carbocycles. The van der Waals surface area contributed by atoms with E-state index in [1.807, 2.05) is 0 Å². The lowest BCUT2D eigenvalue weighted by Gasteiger charge is -2.70. The molecule has 0 heterocycles. The lowest BCUT2D eigenvalue weighted by molar-refractivity contribution is -0.185. The van der Waals surface area contributed by atoms with Gasteiger partial charge in [-0.05, 0) is 104 Å². The van der Waals surface area contributed by atoms with Crippen LogP contribution < -0.4 is 0 Å². The van der Waals surface area contributed by atoms with Crippen molar-refractivity contribution < 1.29 is 14.3 Å². The average Bonchev–Trinajstić information content (AvgIpc) is 2.86. The summed E-state index contributed by atoms with van der Waals surface area (Å²) < 4.78 is 6.00. The predicted octanol–water partition coefficient (Wildman–Crippen LogP) is 8.06. The first-order chi connectivity index (χ1) is 17.8. The van der Waals surface area contributed by atoms with E-state index < -0.39 is 5.92 Å². The van der Waals surface area contributed by atoms with Crippen LogP contribution in [0.1, 0.15) is 119 Å². The molecule has 5 aliphatic rings. The zero-order valence-electron chi connectivity index (χ0n) is 25.1. The normalized spacial score (nSPS) is 47.4. The third kappa shape index (κ3) is 3.72. The second-order valence-corrected chi connectivity index (χ2v) is 15.5. The van der Waals surface area contributed by atoms with Crippen molar-refractivity contribution in [1.29, 1.82) is 5.26 Å². The fourth-order valence-corrected chi connectivity index (χ4v) is 10.7. The molecular weight excluding hydrogens is 470 g/mol. The van der Waals surface area contributed by atoms with Crippen LogP contribution in [0.15, 0.2) is 11.6 Å². The van der Waals surface area contributed by atoms with Gasteiger partial charge in [-0.2, -0.15) is 5.26 Å². The molecule has 0 aromatic rings. The number of Topliss-reactive ketones (excluding diaryl/α,β-unsaturated/α-hetero) is 1. The highest BCUT2D eigenvalue weighted by atomic mass is 16.5. The Morgan fingerprint density at radius 1 is 1.08 bits per heavy atom. The highest BCUT2D eigenvalue weighted by molar-refractivity contribution is 5.86. The first-order valence-electron chi connectivity index (χ1n) is 15.6. The van der Waals surface area contributed by atoms with Crippen LogP contribution in [-0.2, 0) is 14.3 Å². The Kier molecular flexibility index (Phi) is 6.76. The molecule has 4 nitrogen and oxygen atoms in total. The number of unbranched alkanes of at least 4 members (excludes halogenated alkanes) is 1. The number of hydrogen-bond acceptors (Lipinski definition) is 4. The standard InChI is InChI=1S/C34H51NO3/c1-8-9-18-38-29(37)34-16-14-30(3,4)20-26(34)25-10-11-27-31(5)19-23(21-35)28(36)22(2)24(31)12-13-33(27,7)32(25,6)15-17-34/h10,22-24,26-27H,8-9,11-20H2,1-7H3/t22-,23?,24-,26-,27?,31-,32+,33+,34-/m0/s1. The van der Waals surface area contributed by atoms with Crippen LogP contribution in [0.25, 0.3) is 0 Å². The molecule has 0 spiro atoms. The Labute approximate surface area is 231 Å². The van der Waals surface area contributed by atoms with Gasteiger partial charge in [-0.3, -0.25) is 9.59 Å². The minimum Gasteiger partial charge on any atom is -0.465 e.